The number of rotatable bonds is 16. The number of carbonyl (C=O) groups excluding carboxylic acids is 2. The Morgan fingerprint density at radius 3 is 2.57 bits per heavy atom. The van der Waals surface area contributed by atoms with Crippen molar-refractivity contribution < 1.29 is 28.2 Å². The molecule has 0 aromatic heterocycles. The summed E-state index contributed by atoms with van der Waals surface area (Å²) in [5.74, 6) is -0.808. The van der Waals surface area contributed by atoms with Crippen LogP contribution in [0.2, 0.25) is 0 Å². The van der Waals surface area contributed by atoms with Gasteiger partial charge in [-0.3, -0.25) is 9.59 Å². The zero-order valence-corrected chi connectivity index (χ0v) is 25.8. The Hall–Kier alpha value is -3.51. The first-order chi connectivity index (χ1) is 21.2. The first-order valence-electron chi connectivity index (χ1n) is 14.8. The second-order valence-electron chi connectivity index (χ2n) is 11.2. The molecule has 11 heteroatoms. The zero-order valence-electron chi connectivity index (χ0n) is 25.0. The lowest BCUT2D eigenvalue weighted by molar-refractivity contribution is -0.126. The van der Waals surface area contributed by atoms with Crippen molar-refractivity contribution in [2.24, 2.45) is 5.92 Å². The average Bonchev–Trinajstić information content (AvgIpc) is 3.46. The molecule has 1 heterocycles. The zero-order chi connectivity index (χ0) is 31.5. The molecule has 4 rings (SSSR count). The smallest absolute Gasteiger partial charge is 0.239 e. The number of ether oxygens (including phenoxy) is 1. The normalized spacial score (nSPS) is 13.8. The van der Waals surface area contributed by atoms with Crippen molar-refractivity contribution in [1.29, 1.82) is 0 Å². The minimum Gasteiger partial charge on any atom is -0.493 e. The average molecular weight is 627 g/mol. The minimum absolute atomic E-state index is 0.0430. The molecule has 0 bridgehead atoms. The number of benzene rings is 3. The van der Waals surface area contributed by atoms with Crippen LogP contribution in [0.25, 0.3) is 0 Å². The van der Waals surface area contributed by atoms with Crippen LogP contribution >= 0.6 is 11.9 Å². The lowest BCUT2D eigenvalue weighted by Gasteiger charge is -2.30. The van der Waals surface area contributed by atoms with Gasteiger partial charge in [0.25, 0.3) is 0 Å². The van der Waals surface area contributed by atoms with E-state index < -0.39 is 35.6 Å². The molecule has 0 aliphatic carbocycles. The SMILES string of the molecule is CC(C)CN(C[C@@H](O)[C@H](Cc1ccccc1)NC(=O)CNC(=O)CNCc1cc(F)ccc1F)Sc1ccc2c(c1)CCO2. The largest absolute Gasteiger partial charge is 0.493 e. The van der Waals surface area contributed by atoms with Gasteiger partial charge in [0.15, 0.2) is 0 Å². The van der Waals surface area contributed by atoms with E-state index in [2.05, 4.69) is 40.2 Å². The number of fused-ring (bicyclic) bond motifs is 1. The highest BCUT2D eigenvalue weighted by Crippen LogP contribution is 2.32. The molecule has 3 aromatic rings. The predicted molar refractivity (Wildman–Crippen MR) is 167 cm³/mol. The molecule has 8 nitrogen and oxygen atoms in total. The molecule has 0 radical (unpaired) electrons. The summed E-state index contributed by atoms with van der Waals surface area (Å²) in [4.78, 5) is 26.3. The molecule has 0 saturated heterocycles. The molecule has 0 spiro atoms. The fourth-order valence-electron chi connectivity index (χ4n) is 4.90. The third kappa shape index (κ3) is 10.6. The third-order valence-corrected chi connectivity index (χ3v) is 8.04. The molecule has 2 amide bonds. The second-order valence-corrected chi connectivity index (χ2v) is 12.4. The number of nitrogens with one attached hydrogen (secondary N) is 3. The first-order valence-corrected chi connectivity index (χ1v) is 15.5. The van der Waals surface area contributed by atoms with Crippen molar-refractivity contribution in [2.75, 3.05) is 32.8 Å². The molecule has 0 fully saturated rings. The molecule has 4 N–H and O–H groups in total. The van der Waals surface area contributed by atoms with Gasteiger partial charge in [0, 0.05) is 36.5 Å². The Labute approximate surface area is 261 Å². The van der Waals surface area contributed by atoms with E-state index in [0.717, 1.165) is 47.4 Å². The predicted octanol–water partition coefficient (Wildman–Crippen LogP) is 3.86. The maximum absolute atomic E-state index is 13.8. The van der Waals surface area contributed by atoms with Crippen LogP contribution in [0.15, 0.2) is 71.6 Å². The van der Waals surface area contributed by atoms with Crippen LogP contribution < -0.4 is 20.7 Å². The van der Waals surface area contributed by atoms with E-state index in [1.807, 2.05) is 42.5 Å². The van der Waals surface area contributed by atoms with Crippen molar-refractivity contribution >= 4 is 23.8 Å². The van der Waals surface area contributed by atoms with E-state index in [-0.39, 0.29) is 25.2 Å². The van der Waals surface area contributed by atoms with Gasteiger partial charge in [0.1, 0.15) is 17.4 Å². The van der Waals surface area contributed by atoms with Crippen LogP contribution in [0.1, 0.15) is 30.5 Å². The number of hydrogen-bond acceptors (Lipinski definition) is 7. The molecule has 0 unspecified atom stereocenters. The number of hydrogen-bond donors (Lipinski definition) is 4. The molecule has 2 atom stereocenters. The monoisotopic (exact) mass is 626 g/mol. The van der Waals surface area contributed by atoms with Gasteiger partial charge in [0.2, 0.25) is 11.8 Å². The van der Waals surface area contributed by atoms with Gasteiger partial charge in [-0.2, -0.15) is 0 Å². The summed E-state index contributed by atoms with van der Waals surface area (Å²) in [6.07, 6.45) is 0.375. The highest BCUT2D eigenvalue weighted by Gasteiger charge is 2.26. The molecular weight excluding hydrogens is 586 g/mol. The summed E-state index contributed by atoms with van der Waals surface area (Å²) in [6, 6.07) is 18.2. The highest BCUT2D eigenvalue weighted by atomic mass is 32.2. The van der Waals surface area contributed by atoms with Crippen molar-refractivity contribution in [3.8, 4) is 5.75 Å². The Morgan fingerprint density at radius 1 is 1.00 bits per heavy atom. The number of carbonyl (C=O) groups is 2. The molecule has 1 aliphatic heterocycles. The fourth-order valence-corrected chi connectivity index (χ4v) is 6.12. The van der Waals surface area contributed by atoms with E-state index >= 15 is 0 Å². The second kappa shape index (κ2) is 16.5. The quantitative estimate of drug-likeness (QED) is 0.179. The molecule has 1 aliphatic rings. The maximum atomic E-state index is 13.8. The van der Waals surface area contributed by atoms with Gasteiger partial charge in [-0.15, -0.1) is 0 Å². The Balaban J connectivity index is 1.33. The van der Waals surface area contributed by atoms with Crippen LogP contribution in [0, 0.1) is 17.6 Å². The molecule has 44 heavy (non-hydrogen) atoms. The third-order valence-electron chi connectivity index (χ3n) is 7.02. The lowest BCUT2D eigenvalue weighted by atomic mass is 10.0. The Bertz CT molecular complexity index is 1400. The summed E-state index contributed by atoms with van der Waals surface area (Å²) in [6.45, 7) is 5.43. The summed E-state index contributed by atoms with van der Waals surface area (Å²) in [5, 5.41) is 19.6. The molecular formula is C33H40F2N4O4S. The van der Waals surface area contributed by atoms with Crippen LogP contribution in [0.3, 0.4) is 0 Å². The number of halogens is 2. The van der Waals surface area contributed by atoms with Gasteiger partial charge in [-0.25, -0.2) is 13.1 Å². The summed E-state index contributed by atoms with van der Waals surface area (Å²) in [7, 11) is 0. The Kier molecular flexibility index (Phi) is 12.5. The van der Waals surface area contributed by atoms with Gasteiger partial charge in [-0.05, 0) is 71.8 Å². The highest BCUT2D eigenvalue weighted by molar-refractivity contribution is 7.97. The lowest BCUT2D eigenvalue weighted by Crippen LogP contribution is -2.51. The molecule has 0 saturated carbocycles. The van der Waals surface area contributed by atoms with E-state index in [4.69, 9.17) is 4.74 Å². The number of nitrogens with zero attached hydrogens (tertiary/aromatic N) is 1. The van der Waals surface area contributed by atoms with E-state index in [1.165, 1.54) is 5.56 Å². The number of aliphatic hydroxyl groups excluding tert-OH is 1. The molecule has 236 valence electrons. The van der Waals surface area contributed by atoms with Crippen molar-refractivity contribution in [3.63, 3.8) is 0 Å². The maximum Gasteiger partial charge on any atom is 0.239 e. The van der Waals surface area contributed by atoms with Gasteiger partial charge < -0.3 is 25.8 Å². The van der Waals surface area contributed by atoms with Crippen LogP contribution in [-0.2, 0) is 29.0 Å². The topological polar surface area (TPSA) is 103 Å². The number of amides is 2. The fraction of sp³-hybridized carbons (Fsp3) is 0.394. The van der Waals surface area contributed by atoms with Gasteiger partial charge >= 0.3 is 0 Å². The van der Waals surface area contributed by atoms with E-state index in [0.29, 0.717) is 25.5 Å². The summed E-state index contributed by atoms with van der Waals surface area (Å²) < 4.78 is 34.9. The van der Waals surface area contributed by atoms with Crippen molar-refractivity contribution in [2.45, 2.75) is 50.3 Å². The van der Waals surface area contributed by atoms with Crippen LogP contribution in [0.5, 0.6) is 5.75 Å². The van der Waals surface area contributed by atoms with Gasteiger partial charge in [0.05, 0.1) is 31.8 Å². The Morgan fingerprint density at radius 2 is 1.80 bits per heavy atom. The van der Waals surface area contributed by atoms with Crippen molar-refractivity contribution in [1.82, 2.24) is 20.3 Å². The first kappa shape index (κ1) is 33.4. The van der Waals surface area contributed by atoms with Crippen LogP contribution in [0.4, 0.5) is 8.78 Å². The number of aliphatic hydroxyl groups is 1. The standard InChI is InChI=1S/C33H40F2N4O4S/c1-22(2)20-39(44-27-9-11-31-24(16-27)12-13-43-31)21-30(40)29(14-23-6-4-3-5-7-23)38-33(42)19-37-32(41)18-36-17-25-15-26(34)8-10-28(25)35/h3-11,15-16,22,29-30,36,40H,12-14,17-21H2,1-2H3,(H,37,41)(H,38,42)/t29-,30+/m0/s1. The van der Waals surface area contributed by atoms with E-state index in [9.17, 15) is 23.5 Å². The van der Waals surface area contributed by atoms with Crippen LogP contribution in [-0.4, -0.2) is 66.2 Å². The van der Waals surface area contributed by atoms with Crippen molar-refractivity contribution in [3.05, 3.63) is 95.1 Å². The minimum atomic E-state index is -0.901. The van der Waals surface area contributed by atoms with Gasteiger partial charge in [-0.1, -0.05) is 44.2 Å². The summed E-state index contributed by atoms with van der Waals surface area (Å²) in [5.41, 5.74) is 2.23. The summed E-state index contributed by atoms with van der Waals surface area (Å²) >= 11 is 1.57. The van der Waals surface area contributed by atoms with E-state index in [1.54, 1.807) is 11.9 Å². The molecule has 3 aromatic carbocycles.